The minimum atomic E-state index is -0.293. The highest BCUT2D eigenvalue weighted by molar-refractivity contribution is 7.80. The van der Waals surface area contributed by atoms with Crippen molar-refractivity contribution in [3.05, 3.63) is 24.0 Å². The summed E-state index contributed by atoms with van der Waals surface area (Å²) >= 11 is 4.13. The van der Waals surface area contributed by atoms with E-state index in [0.717, 1.165) is 6.42 Å². The minimum Gasteiger partial charge on any atom is -0.492 e. The molecule has 0 amide bonds. The first-order valence-electron chi connectivity index (χ1n) is 3.85. The van der Waals surface area contributed by atoms with Gasteiger partial charge in [-0.25, -0.2) is 4.39 Å². The van der Waals surface area contributed by atoms with E-state index in [1.807, 2.05) is 6.92 Å². The van der Waals surface area contributed by atoms with Crippen LogP contribution in [0.15, 0.2) is 23.1 Å². The fourth-order valence-corrected chi connectivity index (χ4v) is 1.02. The lowest BCUT2D eigenvalue weighted by Gasteiger charge is -2.06. The van der Waals surface area contributed by atoms with Crippen molar-refractivity contribution in [1.29, 1.82) is 0 Å². The summed E-state index contributed by atoms with van der Waals surface area (Å²) < 4.78 is 17.9. The monoisotopic (exact) mass is 186 g/mol. The van der Waals surface area contributed by atoms with Gasteiger partial charge >= 0.3 is 0 Å². The molecule has 0 fully saturated rings. The van der Waals surface area contributed by atoms with E-state index in [-0.39, 0.29) is 5.82 Å². The lowest BCUT2D eigenvalue weighted by Crippen LogP contribution is -1.96. The van der Waals surface area contributed by atoms with Crippen molar-refractivity contribution in [1.82, 2.24) is 0 Å². The van der Waals surface area contributed by atoms with Gasteiger partial charge in [0.1, 0.15) is 11.6 Å². The van der Waals surface area contributed by atoms with Crippen LogP contribution in [0.25, 0.3) is 0 Å². The molecule has 66 valence electrons. The van der Waals surface area contributed by atoms with Gasteiger partial charge in [-0.1, -0.05) is 6.92 Å². The van der Waals surface area contributed by atoms with Gasteiger partial charge < -0.3 is 4.74 Å². The van der Waals surface area contributed by atoms with Gasteiger partial charge in [0.05, 0.1) is 6.61 Å². The van der Waals surface area contributed by atoms with Crippen molar-refractivity contribution in [2.45, 2.75) is 18.2 Å². The number of rotatable bonds is 3. The summed E-state index contributed by atoms with van der Waals surface area (Å²) in [6, 6.07) is 4.29. The molecule has 0 bridgehead atoms. The number of hydrogen-bond donors (Lipinski definition) is 1. The third-order valence-corrected chi connectivity index (χ3v) is 1.75. The van der Waals surface area contributed by atoms with E-state index in [2.05, 4.69) is 12.6 Å². The van der Waals surface area contributed by atoms with Crippen LogP contribution in [0.5, 0.6) is 5.75 Å². The summed E-state index contributed by atoms with van der Waals surface area (Å²) in [7, 11) is 0. The fourth-order valence-electron chi connectivity index (χ4n) is 0.816. The van der Waals surface area contributed by atoms with Crippen molar-refractivity contribution in [2.24, 2.45) is 0 Å². The van der Waals surface area contributed by atoms with Crippen molar-refractivity contribution in [2.75, 3.05) is 6.61 Å². The predicted molar refractivity (Wildman–Crippen MR) is 49.4 cm³/mol. The van der Waals surface area contributed by atoms with E-state index >= 15 is 0 Å². The molecule has 1 rings (SSSR count). The quantitative estimate of drug-likeness (QED) is 0.714. The Bertz CT molecular complexity index is 263. The molecule has 0 aromatic heterocycles. The summed E-state index contributed by atoms with van der Waals surface area (Å²) in [5, 5.41) is 0. The average Bonchev–Trinajstić information content (AvgIpc) is 2.07. The molecule has 0 aliphatic heterocycles. The smallest absolute Gasteiger partial charge is 0.135 e. The molecule has 1 nitrogen and oxygen atoms in total. The first-order valence-corrected chi connectivity index (χ1v) is 4.30. The van der Waals surface area contributed by atoms with E-state index in [4.69, 9.17) is 4.74 Å². The zero-order valence-electron chi connectivity index (χ0n) is 6.88. The minimum absolute atomic E-state index is 0.293. The lowest BCUT2D eigenvalue weighted by molar-refractivity contribution is 0.308. The zero-order valence-corrected chi connectivity index (χ0v) is 7.77. The maximum atomic E-state index is 12.7. The van der Waals surface area contributed by atoms with E-state index in [1.54, 1.807) is 6.07 Å². The predicted octanol–water partition coefficient (Wildman–Crippen LogP) is 2.90. The Morgan fingerprint density at radius 2 is 2.25 bits per heavy atom. The number of halogens is 1. The van der Waals surface area contributed by atoms with Gasteiger partial charge in [0.2, 0.25) is 0 Å². The van der Waals surface area contributed by atoms with Crippen LogP contribution in [0, 0.1) is 5.82 Å². The number of thiol groups is 1. The van der Waals surface area contributed by atoms with Crippen LogP contribution in [-0.4, -0.2) is 6.61 Å². The van der Waals surface area contributed by atoms with Gasteiger partial charge in [-0.3, -0.25) is 0 Å². The molecule has 0 atom stereocenters. The zero-order chi connectivity index (χ0) is 8.97. The molecule has 12 heavy (non-hydrogen) atoms. The molecule has 3 heteroatoms. The molecular weight excluding hydrogens is 175 g/mol. The Morgan fingerprint density at radius 1 is 1.50 bits per heavy atom. The molecule has 0 spiro atoms. The maximum absolute atomic E-state index is 12.7. The summed E-state index contributed by atoms with van der Waals surface area (Å²) in [6.07, 6.45) is 0.906. The van der Waals surface area contributed by atoms with Gasteiger partial charge in [0, 0.05) is 11.0 Å². The van der Waals surface area contributed by atoms with Crippen LogP contribution in [0.2, 0.25) is 0 Å². The van der Waals surface area contributed by atoms with Crippen molar-refractivity contribution in [3.63, 3.8) is 0 Å². The molecule has 0 unspecified atom stereocenters. The van der Waals surface area contributed by atoms with Crippen LogP contribution in [0.4, 0.5) is 4.39 Å². The van der Waals surface area contributed by atoms with Gasteiger partial charge in [-0.05, 0) is 18.6 Å². The van der Waals surface area contributed by atoms with Gasteiger partial charge in [0.15, 0.2) is 0 Å². The van der Waals surface area contributed by atoms with E-state index in [1.165, 1.54) is 12.1 Å². The topological polar surface area (TPSA) is 9.23 Å². The highest BCUT2D eigenvalue weighted by Gasteiger charge is 2.00. The number of ether oxygens (including phenoxy) is 1. The Balaban J connectivity index is 2.75. The third-order valence-electron chi connectivity index (χ3n) is 1.38. The van der Waals surface area contributed by atoms with E-state index in [0.29, 0.717) is 17.3 Å². The van der Waals surface area contributed by atoms with Crippen molar-refractivity contribution >= 4 is 12.6 Å². The average molecular weight is 186 g/mol. The standard InChI is InChI=1S/C9H11FOS/c1-2-5-11-8-6-7(10)3-4-9(8)12/h3-4,6,12H,2,5H2,1H3. The van der Waals surface area contributed by atoms with Crippen molar-refractivity contribution < 1.29 is 9.13 Å². The molecule has 0 saturated heterocycles. The Morgan fingerprint density at radius 3 is 2.92 bits per heavy atom. The van der Waals surface area contributed by atoms with Crippen molar-refractivity contribution in [3.8, 4) is 5.75 Å². The van der Waals surface area contributed by atoms with E-state index < -0.39 is 0 Å². The second-order valence-electron chi connectivity index (χ2n) is 2.46. The molecule has 0 radical (unpaired) electrons. The lowest BCUT2D eigenvalue weighted by atomic mass is 10.3. The van der Waals surface area contributed by atoms with E-state index in [9.17, 15) is 4.39 Å². The Labute approximate surface area is 77.0 Å². The third kappa shape index (κ3) is 2.41. The summed E-state index contributed by atoms with van der Waals surface area (Å²) in [4.78, 5) is 0.671. The molecule has 0 aliphatic rings. The Kier molecular flexibility index (Phi) is 3.41. The molecule has 1 aromatic carbocycles. The first-order chi connectivity index (χ1) is 5.74. The Hall–Kier alpha value is -0.700. The fraction of sp³-hybridized carbons (Fsp3) is 0.333. The van der Waals surface area contributed by atoms with Crippen LogP contribution in [0.1, 0.15) is 13.3 Å². The van der Waals surface area contributed by atoms with Gasteiger partial charge in [-0.2, -0.15) is 0 Å². The van der Waals surface area contributed by atoms with Crippen LogP contribution < -0.4 is 4.74 Å². The molecule has 0 saturated carbocycles. The first kappa shape index (κ1) is 9.39. The number of benzene rings is 1. The molecule has 0 aliphatic carbocycles. The van der Waals surface area contributed by atoms with Crippen LogP contribution >= 0.6 is 12.6 Å². The highest BCUT2D eigenvalue weighted by Crippen LogP contribution is 2.23. The van der Waals surface area contributed by atoms with Gasteiger partial charge in [0.25, 0.3) is 0 Å². The second-order valence-corrected chi connectivity index (χ2v) is 2.94. The molecule has 0 N–H and O–H groups in total. The molecule has 0 heterocycles. The van der Waals surface area contributed by atoms with Crippen LogP contribution in [0.3, 0.4) is 0 Å². The van der Waals surface area contributed by atoms with Gasteiger partial charge in [-0.15, -0.1) is 12.6 Å². The molecule has 1 aromatic rings. The second kappa shape index (κ2) is 4.36. The summed E-state index contributed by atoms with van der Waals surface area (Å²) in [5.74, 6) is 0.221. The van der Waals surface area contributed by atoms with Crippen LogP contribution in [-0.2, 0) is 0 Å². The normalized spacial score (nSPS) is 9.92. The summed E-state index contributed by atoms with van der Waals surface area (Å²) in [5.41, 5.74) is 0. The summed E-state index contributed by atoms with van der Waals surface area (Å²) in [6.45, 7) is 2.59. The number of hydrogen-bond acceptors (Lipinski definition) is 2. The SMILES string of the molecule is CCCOc1cc(F)ccc1S. The maximum Gasteiger partial charge on any atom is 0.135 e. The largest absolute Gasteiger partial charge is 0.492 e. The molecular formula is C9H11FOS. The highest BCUT2D eigenvalue weighted by atomic mass is 32.1.